The van der Waals surface area contributed by atoms with Gasteiger partial charge in [-0.3, -0.25) is 28.8 Å². The fraction of sp³-hybridized carbons (Fsp3) is 0.446. The van der Waals surface area contributed by atoms with Gasteiger partial charge in [-0.1, -0.05) is 148 Å². The summed E-state index contributed by atoms with van der Waals surface area (Å²) in [6.07, 6.45) is 2.28. The number of benzene rings is 4. The summed E-state index contributed by atoms with van der Waals surface area (Å²) in [4.78, 5) is 93.4. The molecule has 13 nitrogen and oxygen atoms in total. The summed E-state index contributed by atoms with van der Waals surface area (Å²) in [7, 11) is 0. The minimum absolute atomic E-state index is 0.119. The van der Waals surface area contributed by atoms with Crippen LogP contribution in [0.3, 0.4) is 0 Å². The van der Waals surface area contributed by atoms with Crippen molar-refractivity contribution < 1.29 is 38.3 Å². The van der Waals surface area contributed by atoms with Crippen molar-refractivity contribution >= 4 is 53.1 Å². The molecule has 0 fully saturated rings. The molecular weight excluding hydrogens is 903 g/mol. The average molecular weight is 976 g/mol. The number of ketones is 2. The molecule has 4 aromatic carbocycles. The molecule has 5 amide bonds. The molecule has 376 valence electrons. The number of Topliss-reactive ketones (excluding diaryl/α,β-unsaturated/α-hetero) is 2. The van der Waals surface area contributed by atoms with Crippen LogP contribution in [0.1, 0.15) is 116 Å². The van der Waals surface area contributed by atoms with Crippen LogP contribution in [-0.4, -0.2) is 83.9 Å². The van der Waals surface area contributed by atoms with E-state index in [9.17, 15) is 33.6 Å². The molecule has 0 aromatic heterocycles. The number of ether oxygens (including phenoxy) is 1. The van der Waals surface area contributed by atoms with Crippen LogP contribution in [0, 0.1) is 11.8 Å². The van der Waals surface area contributed by atoms with Crippen molar-refractivity contribution in [2.45, 2.75) is 128 Å². The largest absolute Gasteiger partial charge is 0.444 e. The molecule has 0 heterocycles. The highest BCUT2D eigenvalue weighted by Gasteiger charge is 2.39. The van der Waals surface area contributed by atoms with E-state index in [0.717, 1.165) is 35.1 Å². The third kappa shape index (κ3) is 18.2. The van der Waals surface area contributed by atoms with Gasteiger partial charge >= 0.3 is 6.09 Å². The zero-order chi connectivity index (χ0) is 51.1. The minimum Gasteiger partial charge on any atom is -0.444 e. The number of hydrogen-bond acceptors (Lipinski definition) is 9. The Morgan fingerprint density at radius 1 is 0.586 bits per heavy atom. The van der Waals surface area contributed by atoms with Crippen LogP contribution < -0.4 is 26.6 Å². The molecule has 0 aliphatic heterocycles. The second-order valence-electron chi connectivity index (χ2n) is 18.8. The van der Waals surface area contributed by atoms with E-state index < -0.39 is 52.3 Å². The summed E-state index contributed by atoms with van der Waals surface area (Å²) >= 11 is 1.53. The average Bonchev–Trinajstić information content (AvgIpc) is 3.33. The van der Waals surface area contributed by atoms with E-state index in [1.54, 1.807) is 34.6 Å². The number of hydrogen-bond donors (Lipinski definition) is 5. The summed E-state index contributed by atoms with van der Waals surface area (Å²) in [5.41, 5.74) is 3.12. The predicted molar refractivity (Wildman–Crippen MR) is 277 cm³/mol. The third-order valence-corrected chi connectivity index (χ3v) is 13.4. The molecule has 0 saturated heterocycles. The van der Waals surface area contributed by atoms with Gasteiger partial charge in [0.15, 0.2) is 11.6 Å². The highest BCUT2D eigenvalue weighted by Crippen LogP contribution is 2.48. The van der Waals surface area contributed by atoms with Crippen LogP contribution >= 0.6 is 11.8 Å². The van der Waals surface area contributed by atoms with Crippen LogP contribution in [-0.2, 0) is 44.7 Å². The lowest BCUT2D eigenvalue weighted by atomic mass is 9.84. The zero-order valence-corrected chi connectivity index (χ0v) is 42.7. The van der Waals surface area contributed by atoms with E-state index in [1.165, 1.54) is 18.7 Å². The van der Waals surface area contributed by atoms with Gasteiger partial charge in [0.1, 0.15) is 11.6 Å². The lowest BCUT2D eigenvalue weighted by Gasteiger charge is -2.36. The highest BCUT2D eigenvalue weighted by molar-refractivity contribution is 8.00. The minimum atomic E-state index is -0.945. The Morgan fingerprint density at radius 2 is 1.10 bits per heavy atom. The van der Waals surface area contributed by atoms with Crippen molar-refractivity contribution in [1.29, 1.82) is 0 Å². The molecule has 0 spiro atoms. The van der Waals surface area contributed by atoms with Gasteiger partial charge < -0.3 is 31.3 Å². The number of amides is 5. The SMILES string of the molecule is CCCCNC(=O)C(CCCCNC(=O)C(Cc1ccccc1)NC(=O)OC(C)(C)C)CC(=O)C(C)NC(=O)C(C)CC(=O)C(CSC(c1ccccc1)(c1ccccc1)c1ccccc1)NC(C)=O. The van der Waals surface area contributed by atoms with E-state index in [-0.39, 0.29) is 60.8 Å². The molecule has 5 atom stereocenters. The standard InChI is InChI=1S/C56H73N5O8S/c1-8-9-33-57-52(66)43(26-22-23-34-58-53(67)47(36-42-24-14-10-15-25-42)61-54(68)69-55(5,6)7)37-49(63)40(3)59-51(65)39(2)35-50(64)48(60-41(4)62)38-70-56(44-27-16-11-17-28-44,45-29-18-12-19-30-45)46-31-20-13-21-32-46/h10-21,24-25,27-32,39-40,43,47-48H,8-9,22-23,26,33-38H2,1-7H3,(H,57,66)(H,58,67)(H,59,65)(H,60,62)(H,61,68). The van der Waals surface area contributed by atoms with E-state index in [0.29, 0.717) is 25.8 Å². The molecule has 0 bridgehead atoms. The van der Waals surface area contributed by atoms with Crippen molar-refractivity contribution in [3.8, 4) is 0 Å². The highest BCUT2D eigenvalue weighted by atomic mass is 32.2. The summed E-state index contributed by atoms with van der Waals surface area (Å²) < 4.78 is 4.67. The molecule has 70 heavy (non-hydrogen) atoms. The number of carbonyl (C=O) groups excluding carboxylic acids is 7. The summed E-state index contributed by atoms with van der Waals surface area (Å²) in [6.45, 7) is 12.5. The zero-order valence-electron chi connectivity index (χ0n) is 41.9. The summed E-state index contributed by atoms with van der Waals surface area (Å²) in [5.74, 6) is -3.47. The predicted octanol–water partition coefficient (Wildman–Crippen LogP) is 8.23. The Kier molecular flexibility index (Phi) is 22.8. The molecule has 4 rings (SSSR count). The first-order chi connectivity index (χ1) is 33.4. The molecule has 0 radical (unpaired) electrons. The number of nitrogens with one attached hydrogen (secondary N) is 5. The Morgan fingerprint density at radius 3 is 1.61 bits per heavy atom. The van der Waals surface area contributed by atoms with Crippen LogP contribution in [0.4, 0.5) is 4.79 Å². The number of rotatable bonds is 28. The van der Waals surface area contributed by atoms with Crippen molar-refractivity contribution in [1.82, 2.24) is 26.6 Å². The maximum absolute atomic E-state index is 14.1. The Balaban J connectivity index is 1.37. The van der Waals surface area contributed by atoms with E-state index in [2.05, 4.69) is 63.0 Å². The van der Waals surface area contributed by atoms with Crippen molar-refractivity contribution in [2.24, 2.45) is 11.8 Å². The van der Waals surface area contributed by atoms with Crippen molar-refractivity contribution in [3.63, 3.8) is 0 Å². The Labute approximate surface area is 418 Å². The van der Waals surface area contributed by atoms with Gasteiger partial charge in [0.25, 0.3) is 0 Å². The fourth-order valence-electron chi connectivity index (χ4n) is 8.05. The van der Waals surface area contributed by atoms with Crippen LogP contribution in [0.2, 0.25) is 0 Å². The first-order valence-electron chi connectivity index (χ1n) is 24.5. The lowest BCUT2D eigenvalue weighted by molar-refractivity contribution is -0.133. The second-order valence-corrected chi connectivity index (χ2v) is 20.1. The van der Waals surface area contributed by atoms with Gasteiger partial charge in [-0.15, -0.1) is 11.8 Å². The van der Waals surface area contributed by atoms with Gasteiger partial charge in [-0.05, 0) is 69.2 Å². The van der Waals surface area contributed by atoms with Crippen molar-refractivity contribution in [3.05, 3.63) is 144 Å². The lowest BCUT2D eigenvalue weighted by Crippen LogP contribution is -2.49. The van der Waals surface area contributed by atoms with E-state index in [1.807, 2.05) is 91.9 Å². The maximum atomic E-state index is 14.1. The summed E-state index contributed by atoms with van der Waals surface area (Å²) in [5, 5.41) is 14.2. The number of thioether (sulfide) groups is 1. The van der Waals surface area contributed by atoms with Crippen molar-refractivity contribution in [2.75, 3.05) is 18.8 Å². The van der Waals surface area contributed by atoms with Crippen LogP contribution in [0.25, 0.3) is 0 Å². The van der Waals surface area contributed by atoms with Gasteiger partial charge in [0.2, 0.25) is 23.6 Å². The number of carbonyl (C=O) groups is 7. The summed E-state index contributed by atoms with van der Waals surface area (Å²) in [6, 6.07) is 36.7. The van der Waals surface area contributed by atoms with Gasteiger partial charge in [0.05, 0.1) is 16.8 Å². The normalized spacial score (nSPS) is 13.6. The third-order valence-electron chi connectivity index (χ3n) is 11.8. The molecule has 4 aromatic rings. The second kappa shape index (κ2) is 28.4. The molecule has 5 unspecified atom stereocenters. The topological polar surface area (TPSA) is 189 Å². The Hall–Kier alpha value is -6.28. The van der Waals surface area contributed by atoms with Gasteiger partial charge in [-0.25, -0.2) is 4.79 Å². The van der Waals surface area contributed by atoms with Crippen LogP contribution in [0.15, 0.2) is 121 Å². The molecule has 5 N–H and O–H groups in total. The van der Waals surface area contributed by atoms with E-state index in [4.69, 9.17) is 4.74 Å². The quantitative estimate of drug-likeness (QED) is 0.0276. The fourth-order valence-corrected chi connectivity index (χ4v) is 9.64. The molecular formula is C56H73N5O8S. The van der Waals surface area contributed by atoms with Crippen LogP contribution in [0.5, 0.6) is 0 Å². The Bertz CT molecular complexity index is 2200. The van der Waals surface area contributed by atoms with Gasteiger partial charge in [-0.2, -0.15) is 0 Å². The molecule has 0 aliphatic rings. The smallest absolute Gasteiger partial charge is 0.408 e. The maximum Gasteiger partial charge on any atom is 0.408 e. The van der Waals surface area contributed by atoms with E-state index >= 15 is 0 Å². The molecule has 14 heteroatoms. The first-order valence-corrected chi connectivity index (χ1v) is 25.4. The molecule has 0 aliphatic carbocycles. The first kappa shape index (κ1) is 56.3. The van der Waals surface area contributed by atoms with Gasteiger partial charge in [0, 0.05) is 56.9 Å². The number of unbranched alkanes of at least 4 members (excludes halogenated alkanes) is 2. The molecule has 0 saturated carbocycles. The number of alkyl carbamates (subject to hydrolysis) is 1. The monoisotopic (exact) mass is 976 g/mol.